The largest absolute Gasteiger partial charge is 0.471 e. The predicted octanol–water partition coefficient (Wildman–Crippen LogP) is 0.964. The second-order valence-electron chi connectivity index (χ2n) is 2.83. The number of hydrogen-bond donors (Lipinski definition) is 1. The number of nitrogens with zero attached hydrogens (tertiary/aromatic N) is 2. The fraction of sp³-hybridized carbons (Fsp3) is 0.375. The summed E-state index contributed by atoms with van der Waals surface area (Å²) in [4.78, 5) is 17.9. The number of hydrogen-bond acceptors (Lipinski definition) is 3. The van der Waals surface area contributed by atoms with Crippen molar-refractivity contribution in [1.29, 1.82) is 0 Å². The highest BCUT2D eigenvalue weighted by atomic mass is 19.4. The van der Waals surface area contributed by atoms with E-state index in [0.717, 1.165) is 0 Å². The molecule has 0 saturated heterocycles. The summed E-state index contributed by atoms with van der Waals surface area (Å²) in [5.74, 6) is -1.97. The first-order chi connectivity index (χ1) is 6.89. The molecule has 1 aromatic heterocycles. The molecule has 0 radical (unpaired) electrons. The van der Waals surface area contributed by atoms with E-state index < -0.39 is 12.1 Å². The first-order valence-electron chi connectivity index (χ1n) is 4.02. The van der Waals surface area contributed by atoms with Gasteiger partial charge in [-0.25, -0.2) is 9.97 Å². The van der Waals surface area contributed by atoms with Crippen molar-refractivity contribution in [2.45, 2.75) is 19.6 Å². The van der Waals surface area contributed by atoms with Crippen LogP contribution < -0.4 is 5.32 Å². The van der Waals surface area contributed by atoms with Gasteiger partial charge in [-0.05, 0) is 13.0 Å². The molecule has 0 aliphatic heterocycles. The van der Waals surface area contributed by atoms with Gasteiger partial charge in [0.05, 0.1) is 12.2 Å². The molecule has 0 bridgehead atoms. The van der Waals surface area contributed by atoms with E-state index >= 15 is 0 Å². The zero-order valence-corrected chi connectivity index (χ0v) is 7.80. The Hall–Kier alpha value is -1.66. The number of carbonyl (C=O) groups excluding carboxylic acids is 1. The zero-order valence-electron chi connectivity index (χ0n) is 7.80. The van der Waals surface area contributed by atoms with Crippen LogP contribution in [-0.2, 0) is 11.3 Å². The zero-order chi connectivity index (χ0) is 11.5. The molecule has 0 aliphatic rings. The average Bonchev–Trinajstić information content (AvgIpc) is 2.12. The highest BCUT2D eigenvalue weighted by molar-refractivity contribution is 5.81. The number of aryl methyl sites for hydroxylation is 1. The third kappa shape index (κ3) is 3.53. The van der Waals surface area contributed by atoms with E-state index in [-0.39, 0.29) is 6.54 Å². The van der Waals surface area contributed by atoms with Crippen LogP contribution in [0.15, 0.2) is 12.4 Å². The van der Waals surface area contributed by atoms with E-state index in [1.54, 1.807) is 12.2 Å². The number of alkyl halides is 3. The van der Waals surface area contributed by atoms with Crippen LogP contribution in [0.5, 0.6) is 0 Å². The Morgan fingerprint density at radius 1 is 1.47 bits per heavy atom. The Labute approximate surface area is 83.5 Å². The molecular formula is C8H8F3N3O. The lowest BCUT2D eigenvalue weighted by molar-refractivity contribution is -0.173. The van der Waals surface area contributed by atoms with Crippen molar-refractivity contribution in [2.24, 2.45) is 0 Å². The van der Waals surface area contributed by atoms with E-state index in [2.05, 4.69) is 9.97 Å². The molecule has 1 aromatic rings. The number of carbonyl (C=O) groups is 1. The van der Waals surface area contributed by atoms with Crippen LogP contribution in [0.4, 0.5) is 13.2 Å². The van der Waals surface area contributed by atoms with E-state index in [4.69, 9.17) is 0 Å². The highest BCUT2D eigenvalue weighted by Gasteiger charge is 2.38. The van der Waals surface area contributed by atoms with Gasteiger partial charge in [-0.1, -0.05) is 0 Å². The van der Waals surface area contributed by atoms with Crippen LogP contribution >= 0.6 is 0 Å². The highest BCUT2D eigenvalue weighted by Crippen LogP contribution is 2.14. The lowest BCUT2D eigenvalue weighted by Crippen LogP contribution is -2.36. The van der Waals surface area contributed by atoms with Crippen LogP contribution in [0.3, 0.4) is 0 Å². The molecule has 1 N–H and O–H groups in total. The molecule has 0 fully saturated rings. The molecule has 82 valence electrons. The van der Waals surface area contributed by atoms with Gasteiger partial charge in [0.1, 0.15) is 6.33 Å². The summed E-state index contributed by atoms with van der Waals surface area (Å²) in [6.07, 6.45) is -3.63. The van der Waals surface area contributed by atoms with E-state index in [9.17, 15) is 18.0 Å². The molecule has 0 saturated carbocycles. The Balaban J connectivity index is 2.55. The topological polar surface area (TPSA) is 54.9 Å². The van der Waals surface area contributed by atoms with Crippen molar-refractivity contribution < 1.29 is 18.0 Å². The summed E-state index contributed by atoms with van der Waals surface area (Å²) in [5, 5.41) is 1.71. The van der Waals surface area contributed by atoms with Crippen molar-refractivity contribution in [2.75, 3.05) is 0 Å². The second-order valence-corrected chi connectivity index (χ2v) is 2.83. The van der Waals surface area contributed by atoms with Gasteiger partial charge >= 0.3 is 12.1 Å². The lowest BCUT2D eigenvalue weighted by atomic mass is 10.3. The van der Waals surface area contributed by atoms with Gasteiger partial charge in [-0.2, -0.15) is 13.2 Å². The van der Waals surface area contributed by atoms with Crippen LogP contribution in [0.2, 0.25) is 0 Å². The maximum Gasteiger partial charge on any atom is 0.471 e. The van der Waals surface area contributed by atoms with Gasteiger partial charge in [0.25, 0.3) is 0 Å². The standard InChI is InChI=1S/C8H8F3N3O/c1-5-2-6(14-4-13-5)3-12-7(15)8(9,10)11/h2,4H,3H2,1H3,(H,12,15). The Morgan fingerprint density at radius 3 is 2.67 bits per heavy atom. The van der Waals surface area contributed by atoms with Gasteiger partial charge in [0, 0.05) is 5.69 Å². The maximum absolute atomic E-state index is 11.8. The summed E-state index contributed by atoms with van der Waals surface area (Å²) in [6.45, 7) is 1.42. The molecule has 0 spiro atoms. The van der Waals surface area contributed by atoms with Crippen molar-refractivity contribution in [3.05, 3.63) is 23.8 Å². The monoisotopic (exact) mass is 219 g/mol. The molecule has 15 heavy (non-hydrogen) atoms. The number of halogens is 3. The molecule has 4 nitrogen and oxygen atoms in total. The first kappa shape index (κ1) is 11.4. The molecule has 0 aromatic carbocycles. The molecular weight excluding hydrogens is 211 g/mol. The molecule has 1 rings (SSSR count). The third-order valence-corrected chi connectivity index (χ3v) is 1.55. The fourth-order valence-corrected chi connectivity index (χ4v) is 0.877. The van der Waals surface area contributed by atoms with Crippen LogP contribution in [0.1, 0.15) is 11.4 Å². The Bertz CT molecular complexity index is 364. The predicted molar refractivity (Wildman–Crippen MR) is 44.7 cm³/mol. The molecule has 0 atom stereocenters. The molecule has 0 unspecified atom stereocenters. The van der Waals surface area contributed by atoms with Gasteiger partial charge in [0.2, 0.25) is 0 Å². The van der Waals surface area contributed by atoms with Gasteiger partial charge in [-0.3, -0.25) is 4.79 Å². The summed E-state index contributed by atoms with van der Waals surface area (Å²) in [6, 6.07) is 1.50. The Morgan fingerprint density at radius 2 is 2.13 bits per heavy atom. The summed E-state index contributed by atoms with van der Waals surface area (Å²) in [5.41, 5.74) is 0.960. The maximum atomic E-state index is 11.8. The van der Waals surface area contributed by atoms with Crippen molar-refractivity contribution in [1.82, 2.24) is 15.3 Å². The van der Waals surface area contributed by atoms with Crippen molar-refractivity contribution in [3.63, 3.8) is 0 Å². The quantitative estimate of drug-likeness (QED) is 0.806. The van der Waals surface area contributed by atoms with Crippen molar-refractivity contribution >= 4 is 5.91 Å². The van der Waals surface area contributed by atoms with Crippen LogP contribution in [0.25, 0.3) is 0 Å². The van der Waals surface area contributed by atoms with Gasteiger partial charge < -0.3 is 5.32 Å². The molecule has 7 heteroatoms. The molecule has 1 amide bonds. The minimum atomic E-state index is -4.86. The summed E-state index contributed by atoms with van der Waals surface area (Å²) >= 11 is 0. The number of amides is 1. The first-order valence-corrected chi connectivity index (χ1v) is 4.02. The normalized spacial score (nSPS) is 11.2. The van der Waals surface area contributed by atoms with Gasteiger partial charge in [-0.15, -0.1) is 0 Å². The minimum absolute atomic E-state index is 0.262. The Kier molecular flexibility index (Phi) is 3.23. The van der Waals surface area contributed by atoms with E-state index in [1.807, 2.05) is 0 Å². The third-order valence-electron chi connectivity index (χ3n) is 1.55. The second kappa shape index (κ2) is 4.24. The smallest absolute Gasteiger partial charge is 0.343 e. The fourth-order valence-electron chi connectivity index (χ4n) is 0.877. The summed E-state index contributed by atoms with van der Waals surface area (Å²) < 4.78 is 35.4. The number of nitrogens with one attached hydrogen (secondary N) is 1. The van der Waals surface area contributed by atoms with E-state index in [0.29, 0.717) is 11.4 Å². The average molecular weight is 219 g/mol. The SMILES string of the molecule is Cc1cc(CNC(=O)C(F)(F)F)ncn1. The van der Waals surface area contributed by atoms with Gasteiger partial charge in [0.15, 0.2) is 0 Å². The number of aromatic nitrogens is 2. The van der Waals surface area contributed by atoms with Crippen LogP contribution in [-0.4, -0.2) is 22.1 Å². The van der Waals surface area contributed by atoms with Crippen LogP contribution in [0, 0.1) is 6.92 Å². The molecule has 1 heterocycles. The summed E-state index contributed by atoms with van der Waals surface area (Å²) in [7, 11) is 0. The lowest BCUT2D eigenvalue weighted by Gasteiger charge is -2.07. The van der Waals surface area contributed by atoms with Crippen molar-refractivity contribution in [3.8, 4) is 0 Å². The number of rotatable bonds is 2. The molecule has 0 aliphatic carbocycles. The minimum Gasteiger partial charge on any atom is -0.343 e. The van der Waals surface area contributed by atoms with E-state index in [1.165, 1.54) is 12.4 Å².